The third kappa shape index (κ3) is 14.4. The van der Waals surface area contributed by atoms with Crippen LogP contribution in [0.25, 0.3) is 0 Å². The molecule has 192 valence electrons. The summed E-state index contributed by atoms with van der Waals surface area (Å²) in [4.78, 5) is 16.5. The first-order chi connectivity index (χ1) is 17.2. The maximum Gasteiger partial charge on any atom is 0.311 e. The number of carbonyl (C=O) groups is 1. The largest absolute Gasteiger partial charge is 0.508 e. The summed E-state index contributed by atoms with van der Waals surface area (Å²) in [6, 6.07) is 14.0. The number of rotatable bonds is 19. The highest BCUT2D eigenvalue weighted by Gasteiger charge is 2.05. The maximum atomic E-state index is 12.1. The molecule has 0 heterocycles. The fraction of sp³-hybridized carbons (Fsp3) is 0.548. The summed E-state index contributed by atoms with van der Waals surface area (Å²) in [5, 5.41) is 9.32. The third-order valence-electron chi connectivity index (χ3n) is 6.31. The average molecular weight is 480 g/mol. The van der Waals surface area contributed by atoms with Gasteiger partial charge < -0.3 is 9.84 Å². The van der Waals surface area contributed by atoms with Crippen molar-refractivity contribution in [3.8, 4) is 11.5 Å². The molecule has 1 N–H and O–H groups in total. The number of aliphatic imine (C=N–C) groups is 1. The molecule has 0 radical (unpaired) electrons. The van der Waals surface area contributed by atoms with Crippen LogP contribution >= 0.6 is 0 Å². The number of hydrogen-bond donors (Lipinski definition) is 1. The Morgan fingerprint density at radius 3 is 1.71 bits per heavy atom. The summed E-state index contributed by atoms with van der Waals surface area (Å²) in [5.41, 5.74) is 1.68. The van der Waals surface area contributed by atoms with Crippen molar-refractivity contribution in [2.75, 3.05) is 0 Å². The molecule has 0 bridgehead atoms. The number of phenolic OH excluding ortho intramolecular Hbond substituents is 1. The minimum Gasteiger partial charge on any atom is -0.508 e. The molecule has 0 aromatic heterocycles. The summed E-state index contributed by atoms with van der Waals surface area (Å²) in [7, 11) is 0. The lowest BCUT2D eigenvalue weighted by Crippen LogP contribution is -2.07. The monoisotopic (exact) mass is 479 g/mol. The van der Waals surface area contributed by atoms with Crippen molar-refractivity contribution in [1.82, 2.24) is 0 Å². The van der Waals surface area contributed by atoms with Gasteiger partial charge in [-0.2, -0.15) is 0 Å². The van der Waals surface area contributed by atoms with E-state index in [1.54, 1.807) is 42.6 Å². The van der Waals surface area contributed by atoms with E-state index >= 15 is 0 Å². The first-order valence-corrected chi connectivity index (χ1v) is 13.8. The average Bonchev–Trinajstić information content (AvgIpc) is 2.87. The SMILES string of the molecule is CCCCCCCCCCCCCCCCCC(=O)Oc1ccc(C=Nc2ccc(O)cc2)cc1. The first-order valence-electron chi connectivity index (χ1n) is 13.8. The Morgan fingerprint density at radius 2 is 1.20 bits per heavy atom. The maximum absolute atomic E-state index is 12.1. The van der Waals surface area contributed by atoms with Crippen LogP contribution < -0.4 is 4.74 Å². The quantitative estimate of drug-likeness (QED) is 0.0945. The van der Waals surface area contributed by atoms with Crippen molar-refractivity contribution >= 4 is 17.9 Å². The normalized spacial score (nSPS) is 11.2. The van der Waals surface area contributed by atoms with Crippen LogP contribution in [0.5, 0.6) is 11.5 Å². The van der Waals surface area contributed by atoms with E-state index in [1.165, 1.54) is 83.5 Å². The smallest absolute Gasteiger partial charge is 0.311 e. The molecule has 0 spiro atoms. The minimum atomic E-state index is -0.162. The van der Waals surface area contributed by atoms with Crippen molar-refractivity contribution in [2.45, 2.75) is 110 Å². The lowest BCUT2D eigenvalue weighted by atomic mass is 10.0. The van der Waals surface area contributed by atoms with Gasteiger partial charge in [0.1, 0.15) is 11.5 Å². The molecule has 35 heavy (non-hydrogen) atoms. The fourth-order valence-corrected chi connectivity index (χ4v) is 4.13. The second kappa shape index (κ2) is 18.7. The standard InChI is InChI=1S/C31H45NO3/c1-2-3-4-5-6-7-8-9-10-11-12-13-14-15-16-17-31(34)35-30-24-18-27(19-25-30)26-32-28-20-22-29(33)23-21-28/h18-26,33H,2-17H2,1H3. The zero-order valence-electron chi connectivity index (χ0n) is 21.7. The highest BCUT2D eigenvalue weighted by molar-refractivity contribution is 5.82. The number of esters is 1. The van der Waals surface area contributed by atoms with Gasteiger partial charge in [0.2, 0.25) is 0 Å². The molecular weight excluding hydrogens is 434 g/mol. The van der Waals surface area contributed by atoms with Crippen LogP contribution in [0.15, 0.2) is 53.5 Å². The highest BCUT2D eigenvalue weighted by Crippen LogP contribution is 2.18. The number of unbranched alkanes of at least 4 members (excludes halogenated alkanes) is 14. The van der Waals surface area contributed by atoms with Gasteiger partial charge in [-0.3, -0.25) is 9.79 Å². The highest BCUT2D eigenvalue weighted by atomic mass is 16.5. The lowest BCUT2D eigenvalue weighted by molar-refractivity contribution is -0.134. The molecule has 4 nitrogen and oxygen atoms in total. The van der Waals surface area contributed by atoms with E-state index in [4.69, 9.17) is 4.74 Å². The molecule has 0 unspecified atom stereocenters. The van der Waals surface area contributed by atoms with Crippen molar-refractivity contribution in [3.05, 3.63) is 54.1 Å². The summed E-state index contributed by atoms with van der Waals surface area (Å²) < 4.78 is 5.45. The van der Waals surface area contributed by atoms with Gasteiger partial charge in [0, 0.05) is 12.6 Å². The molecule has 0 aliphatic heterocycles. The van der Waals surface area contributed by atoms with Crippen LogP contribution in [0.2, 0.25) is 0 Å². The van der Waals surface area contributed by atoms with Gasteiger partial charge in [-0.25, -0.2) is 0 Å². The van der Waals surface area contributed by atoms with Crippen LogP contribution in [0.4, 0.5) is 5.69 Å². The third-order valence-corrected chi connectivity index (χ3v) is 6.31. The fourth-order valence-electron chi connectivity index (χ4n) is 4.13. The summed E-state index contributed by atoms with van der Waals surface area (Å²) in [5.74, 6) is 0.627. The van der Waals surface area contributed by atoms with E-state index in [1.807, 2.05) is 12.1 Å². The van der Waals surface area contributed by atoms with Gasteiger partial charge in [-0.05, 0) is 60.5 Å². The molecule has 4 heteroatoms. The predicted molar refractivity (Wildman–Crippen MR) is 147 cm³/mol. The zero-order chi connectivity index (χ0) is 25.0. The lowest BCUT2D eigenvalue weighted by Gasteiger charge is -2.05. The number of hydrogen-bond acceptors (Lipinski definition) is 4. The minimum absolute atomic E-state index is 0.162. The zero-order valence-corrected chi connectivity index (χ0v) is 21.7. The summed E-state index contributed by atoms with van der Waals surface area (Å²) >= 11 is 0. The molecule has 0 atom stereocenters. The molecule has 2 aromatic carbocycles. The Kier molecular flexibility index (Phi) is 15.3. The summed E-state index contributed by atoms with van der Waals surface area (Å²) in [6.45, 7) is 2.27. The van der Waals surface area contributed by atoms with Crippen molar-refractivity contribution < 1.29 is 14.6 Å². The Morgan fingerprint density at radius 1 is 0.714 bits per heavy atom. The summed E-state index contributed by atoms with van der Waals surface area (Å²) in [6.07, 6.45) is 22.0. The van der Waals surface area contributed by atoms with Gasteiger partial charge in [0.25, 0.3) is 0 Å². The molecule has 0 amide bonds. The Labute approximate surface area is 212 Å². The van der Waals surface area contributed by atoms with Crippen molar-refractivity contribution in [1.29, 1.82) is 0 Å². The molecule has 2 rings (SSSR count). The van der Waals surface area contributed by atoms with Crippen LogP contribution in [-0.2, 0) is 4.79 Å². The second-order valence-electron chi connectivity index (χ2n) is 9.52. The van der Waals surface area contributed by atoms with E-state index < -0.39 is 0 Å². The van der Waals surface area contributed by atoms with Gasteiger partial charge in [0.15, 0.2) is 0 Å². The molecule has 0 saturated heterocycles. The van der Waals surface area contributed by atoms with E-state index in [0.29, 0.717) is 12.2 Å². The number of carbonyl (C=O) groups excluding carboxylic acids is 1. The van der Waals surface area contributed by atoms with Crippen molar-refractivity contribution in [3.63, 3.8) is 0 Å². The Bertz CT molecular complexity index is 827. The van der Waals surface area contributed by atoms with Crippen LogP contribution in [0.1, 0.15) is 115 Å². The number of aromatic hydroxyl groups is 1. The molecule has 0 aliphatic carbocycles. The van der Waals surface area contributed by atoms with E-state index in [0.717, 1.165) is 24.1 Å². The molecule has 0 aliphatic rings. The molecule has 2 aromatic rings. The van der Waals surface area contributed by atoms with Gasteiger partial charge >= 0.3 is 5.97 Å². The molecule has 0 fully saturated rings. The second-order valence-corrected chi connectivity index (χ2v) is 9.52. The number of ether oxygens (including phenoxy) is 1. The van der Waals surface area contributed by atoms with Crippen LogP contribution in [0, 0.1) is 0 Å². The van der Waals surface area contributed by atoms with Crippen LogP contribution in [-0.4, -0.2) is 17.3 Å². The Balaban J connectivity index is 1.45. The van der Waals surface area contributed by atoms with E-state index in [9.17, 15) is 9.90 Å². The first kappa shape index (κ1) is 28.6. The van der Waals surface area contributed by atoms with Crippen molar-refractivity contribution in [2.24, 2.45) is 4.99 Å². The van der Waals surface area contributed by atoms with Gasteiger partial charge in [-0.15, -0.1) is 0 Å². The number of benzene rings is 2. The molecule has 0 saturated carbocycles. The van der Waals surface area contributed by atoms with E-state index in [2.05, 4.69) is 11.9 Å². The Hall–Kier alpha value is -2.62. The van der Waals surface area contributed by atoms with Gasteiger partial charge in [-0.1, -0.05) is 96.8 Å². The van der Waals surface area contributed by atoms with E-state index in [-0.39, 0.29) is 11.7 Å². The number of phenols is 1. The molecular formula is C31H45NO3. The van der Waals surface area contributed by atoms with Gasteiger partial charge in [0.05, 0.1) is 5.69 Å². The topological polar surface area (TPSA) is 58.9 Å². The predicted octanol–water partition coefficient (Wildman–Crippen LogP) is 9.31. The van der Waals surface area contributed by atoms with Crippen LogP contribution in [0.3, 0.4) is 0 Å². The number of nitrogens with zero attached hydrogens (tertiary/aromatic N) is 1.